The number of carbonyl (C=O) groups is 1. The van der Waals surface area contributed by atoms with Crippen molar-refractivity contribution >= 4 is 34.7 Å². The zero-order valence-corrected chi connectivity index (χ0v) is 18.2. The van der Waals surface area contributed by atoms with Crippen LogP contribution in [0, 0.1) is 11.7 Å². The fourth-order valence-corrected chi connectivity index (χ4v) is 4.97. The number of ether oxygens (including phenoxy) is 1. The summed E-state index contributed by atoms with van der Waals surface area (Å²) in [6, 6.07) is 3.49. The van der Waals surface area contributed by atoms with Crippen LogP contribution in [0.15, 0.2) is 46.0 Å². The Morgan fingerprint density at radius 2 is 2.13 bits per heavy atom. The molecule has 0 amide bonds. The molecule has 0 saturated heterocycles. The van der Waals surface area contributed by atoms with Gasteiger partial charge in [-0.25, -0.2) is 14.2 Å². The lowest BCUT2D eigenvalue weighted by Crippen LogP contribution is -2.37. The van der Waals surface area contributed by atoms with Gasteiger partial charge in [-0.05, 0) is 37.8 Å². The van der Waals surface area contributed by atoms with Crippen LogP contribution in [0.2, 0.25) is 5.02 Å². The van der Waals surface area contributed by atoms with Crippen molar-refractivity contribution in [2.75, 3.05) is 6.61 Å². The number of halogens is 2. The Hall–Kier alpha value is -2.25. The lowest BCUT2D eigenvalue weighted by atomic mass is 9.82. The van der Waals surface area contributed by atoms with Gasteiger partial charge in [-0.15, -0.1) is 11.3 Å². The van der Waals surface area contributed by atoms with Gasteiger partial charge in [0.25, 0.3) is 0 Å². The monoisotopic (exact) mass is 447 g/mol. The number of carbonyl (C=O) groups excluding carboxylic acids is 1. The first-order valence-electron chi connectivity index (χ1n) is 10.2. The molecule has 2 aliphatic rings. The van der Waals surface area contributed by atoms with Gasteiger partial charge in [0.15, 0.2) is 10.8 Å². The first-order valence-corrected chi connectivity index (χ1v) is 11.4. The third-order valence-electron chi connectivity index (χ3n) is 5.48. The predicted octanol–water partition coefficient (Wildman–Crippen LogP) is 5.42. The van der Waals surface area contributed by atoms with Crippen LogP contribution in [-0.2, 0) is 9.53 Å². The second-order valence-corrected chi connectivity index (χ2v) is 8.69. The van der Waals surface area contributed by atoms with Crippen molar-refractivity contribution in [1.29, 1.82) is 0 Å². The van der Waals surface area contributed by atoms with Gasteiger partial charge in [0.2, 0.25) is 0 Å². The highest BCUT2D eigenvalue weighted by atomic mass is 35.5. The Kier molecular flexibility index (Phi) is 6.49. The number of allylic oxidation sites excluding steroid dienone is 1. The van der Waals surface area contributed by atoms with E-state index < -0.39 is 17.8 Å². The molecule has 2 heterocycles. The Morgan fingerprint density at radius 3 is 2.80 bits per heavy atom. The highest BCUT2D eigenvalue weighted by Gasteiger charge is 2.36. The van der Waals surface area contributed by atoms with E-state index in [1.54, 1.807) is 19.2 Å². The number of hydrogen-bond acceptors (Lipinski definition) is 6. The number of esters is 1. The molecule has 1 fully saturated rings. The van der Waals surface area contributed by atoms with Crippen molar-refractivity contribution < 1.29 is 13.9 Å². The van der Waals surface area contributed by atoms with Gasteiger partial charge in [0.05, 0.1) is 12.2 Å². The molecule has 1 saturated carbocycles. The molecule has 1 aliphatic heterocycles. The SMILES string of the molecule is CCOC(=O)C1=C(C2CCCCC2)NC(c2nccs2)=NC1c1ccc(F)cc1Cl. The van der Waals surface area contributed by atoms with Crippen molar-refractivity contribution in [3.63, 3.8) is 0 Å². The average molecular weight is 448 g/mol. The summed E-state index contributed by atoms with van der Waals surface area (Å²) in [6.45, 7) is 2.03. The number of amidine groups is 1. The van der Waals surface area contributed by atoms with Gasteiger partial charge in [0.1, 0.15) is 11.9 Å². The molecular formula is C22H23ClFN3O2S. The molecule has 1 N–H and O–H groups in total. The number of aromatic nitrogens is 1. The van der Waals surface area contributed by atoms with Crippen LogP contribution in [0.3, 0.4) is 0 Å². The summed E-state index contributed by atoms with van der Waals surface area (Å²) in [7, 11) is 0. The third kappa shape index (κ3) is 4.27. The molecule has 1 aliphatic carbocycles. The maximum absolute atomic E-state index is 13.7. The minimum absolute atomic E-state index is 0.199. The van der Waals surface area contributed by atoms with Crippen molar-refractivity contribution in [1.82, 2.24) is 10.3 Å². The molecule has 1 aromatic heterocycles. The van der Waals surface area contributed by atoms with E-state index in [0.717, 1.165) is 36.4 Å². The van der Waals surface area contributed by atoms with E-state index in [4.69, 9.17) is 21.3 Å². The number of thiazole rings is 1. The van der Waals surface area contributed by atoms with Crippen molar-refractivity contribution in [2.45, 2.75) is 45.1 Å². The average Bonchev–Trinajstić information content (AvgIpc) is 3.29. The lowest BCUT2D eigenvalue weighted by molar-refractivity contribution is -0.139. The molecule has 5 nitrogen and oxygen atoms in total. The van der Waals surface area contributed by atoms with Crippen LogP contribution >= 0.6 is 22.9 Å². The highest BCUT2D eigenvalue weighted by molar-refractivity contribution is 7.11. The Labute approximate surface area is 184 Å². The Bertz CT molecular complexity index is 984. The normalized spacial score (nSPS) is 20.0. The van der Waals surface area contributed by atoms with E-state index in [1.165, 1.54) is 29.9 Å². The van der Waals surface area contributed by atoms with E-state index in [1.807, 2.05) is 5.38 Å². The summed E-state index contributed by atoms with van der Waals surface area (Å²) in [5.41, 5.74) is 1.86. The molecule has 0 radical (unpaired) electrons. The highest BCUT2D eigenvalue weighted by Crippen LogP contribution is 2.41. The molecule has 158 valence electrons. The van der Waals surface area contributed by atoms with Gasteiger partial charge < -0.3 is 10.1 Å². The first kappa shape index (κ1) is 21.0. The number of benzene rings is 1. The molecule has 2 aromatic rings. The number of hydrogen-bond donors (Lipinski definition) is 1. The second-order valence-electron chi connectivity index (χ2n) is 7.39. The second kappa shape index (κ2) is 9.27. The molecule has 30 heavy (non-hydrogen) atoms. The lowest BCUT2D eigenvalue weighted by Gasteiger charge is -2.33. The number of nitrogens with one attached hydrogen (secondary N) is 1. The molecule has 0 spiro atoms. The predicted molar refractivity (Wildman–Crippen MR) is 116 cm³/mol. The largest absolute Gasteiger partial charge is 0.463 e. The van der Waals surface area contributed by atoms with Crippen LogP contribution in [0.4, 0.5) is 4.39 Å². The van der Waals surface area contributed by atoms with E-state index in [0.29, 0.717) is 17.0 Å². The van der Waals surface area contributed by atoms with E-state index >= 15 is 0 Å². The minimum Gasteiger partial charge on any atom is -0.463 e. The first-order chi connectivity index (χ1) is 14.6. The van der Waals surface area contributed by atoms with Crippen LogP contribution in [0.1, 0.15) is 55.6 Å². The fourth-order valence-electron chi connectivity index (χ4n) is 4.11. The maximum Gasteiger partial charge on any atom is 0.338 e. The summed E-state index contributed by atoms with van der Waals surface area (Å²) >= 11 is 7.86. The van der Waals surface area contributed by atoms with Crippen molar-refractivity contribution in [2.24, 2.45) is 10.9 Å². The van der Waals surface area contributed by atoms with Crippen LogP contribution in [-0.4, -0.2) is 23.4 Å². The number of aliphatic imine (C=N–C) groups is 1. The quantitative estimate of drug-likeness (QED) is 0.621. The Morgan fingerprint density at radius 1 is 1.33 bits per heavy atom. The van der Waals surface area contributed by atoms with E-state index in [9.17, 15) is 9.18 Å². The molecule has 0 bridgehead atoms. The van der Waals surface area contributed by atoms with Gasteiger partial charge in [-0.1, -0.05) is 36.9 Å². The van der Waals surface area contributed by atoms with Crippen molar-refractivity contribution in [3.8, 4) is 0 Å². The van der Waals surface area contributed by atoms with E-state index in [2.05, 4.69) is 10.3 Å². The molecular weight excluding hydrogens is 425 g/mol. The zero-order valence-electron chi connectivity index (χ0n) is 16.7. The van der Waals surface area contributed by atoms with Crippen LogP contribution < -0.4 is 5.32 Å². The minimum atomic E-state index is -0.686. The van der Waals surface area contributed by atoms with Gasteiger partial charge in [0, 0.05) is 27.9 Å². The maximum atomic E-state index is 13.7. The number of rotatable bonds is 5. The Balaban J connectivity index is 1.87. The topological polar surface area (TPSA) is 63.6 Å². The van der Waals surface area contributed by atoms with Crippen LogP contribution in [0.5, 0.6) is 0 Å². The molecule has 1 aromatic carbocycles. The molecule has 1 atom stereocenters. The summed E-state index contributed by atoms with van der Waals surface area (Å²) < 4.78 is 19.1. The van der Waals surface area contributed by atoms with Gasteiger partial charge in [-0.3, -0.25) is 4.99 Å². The summed E-state index contributed by atoms with van der Waals surface area (Å²) in [5.74, 6) is -0.0526. The molecule has 8 heteroatoms. The molecule has 1 unspecified atom stereocenters. The zero-order chi connectivity index (χ0) is 21.1. The van der Waals surface area contributed by atoms with Gasteiger partial charge >= 0.3 is 5.97 Å². The van der Waals surface area contributed by atoms with Gasteiger partial charge in [-0.2, -0.15) is 0 Å². The summed E-state index contributed by atoms with van der Waals surface area (Å²) in [4.78, 5) is 22.3. The summed E-state index contributed by atoms with van der Waals surface area (Å²) in [5, 5.41) is 6.25. The fraction of sp³-hybridized carbons (Fsp3) is 0.409. The van der Waals surface area contributed by atoms with Crippen molar-refractivity contribution in [3.05, 3.63) is 62.5 Å². The third-order valence-corrected chi connectivity index (χ3v) is 6.58. The van der Waals surface area contributed by atoms with E-state index in [-0.39, 0.29) is 17.5 Å². The van der Waals surface area contributed by atoms with Crippen LogP contribution in [0.25, 0.3) is 0 Å². The number of nitrogens with zero attached hydrogens (tertiary/aromatic N) is 2. The standard InChI is InChI=1S/C22H23ClFN3O2S/c1-2-29-22(28)17-18(13-6-4-3-5-7-13)26-20(21-25-10-11-30-21)27-19(17)15-9-8-14(24)12-16(15)23/h8-13,19H,2-7H2,1H3,(H,26,27). The molecule has 4 rings (SSSR count). The smallest absolute Gasteiger partial charge is 0.338 e. The summed E-state index contributed by atoms with van der Waals surface area (Å²) in [6.07, 6.45) is 7.10.